The molecule has 0 bridgehead atoms. The Labute approximate surface area is 108 Å². The van der Waals surface area contributed by atoms with Crippen LogP contribution in [0.15, 0.2) is 16.9 Å². The molecule has 7 heteroatoms. The predicted octanol–water partition coefficient (Wildman–Crippen LogP) is 1.38. The van der Waals surface area contributed by atoms with E-state index in [0.717, 1.165) is 12.8 Å². The number of hydrogen-bond acceptors (Lipinski definition) is 4. The zero-order valence-electron chi connectivity index (χ0n) is 9.77. The molecule has 1 aliphatic rings. The molecule has 1 aliphatic carbocycles. The summed E-state index contributed by atoms with van der Waals surface area (Å²) in [5, 5.41) is 13.8. The first-order chi connectivity index (χ1) is 8.74. The van der Waals surface area contributed by atoms with Gasteiger partial charge in [0.1, 0.15) is 5.82 Å². The van der Waals surface area contributed by atoms with Crippen LogP contribution in [0.1, 0.15) is 25.7 Å². The fraction of sp³-hybridized carbons (Fsp3) is 0.545. The van der Waals surface area contributed by atoms with Crippen LogP contribution in [0.3, 0.4) is 0 Å². The molecule has 18 heavy (non-hydrogen) atoms. The van der Waals surface area contributed by atoms with Gasteiger partial charge in [-0.1, -0.05) is 12.8 Å². The van der Waals surface area contributed by atoms with Gasteiger partial charge in [-0.2, -0.15) is 9.61 Å². The molecule has 2 unspecified atom stereocenters. The van der Waals surface area contributed by atoms with Gasteiger partial charge in [-0.15, -0.1) is 16.7 Å². The summed E-state index contributed by atoms with van der Waals surface area (Å²) in [5.41, 5.74) is 0.177. The number of anilines is 1. The molecular weight excluding hydrogens is 254 g/mol. The molecule has 1 fully saturated rings. The van der Waals surface area contributed by atoms with Crippen molar-refractivity contribution in [3.63, 3.8) is 0 Å². The molecule has 1 saturated carbocycles. The lowest BCUT2D eigenvalue weighted by atomic mass is 9.95. The Balaban J connectivity index is 1.85. The van der Waals surface area contributed by atoms with Crippen LogP contribution in [0.2, 0.25) is 0 Å². The number of nitrogens with zero attached hydrogens (tertiary/aromatic N) is 3. The summed E-state index contributed by atoms with van der Waals surface area (Å²) in [6.07, 6.45) is 4.41. The van der Waals surface area contributed by atoms with E-state index in [2.05, 4.69) is 20.6 Å². The van der Waals surface area contributed by atoms with Crippen molar-refractivity contribution in [2.24, 2.45) is 0 Å². The molecule has 3 rings (SSSR count). The largest absolute Gasteiger partial charge is 0.364 e. The molecule has 2 aromatic rings. The van der Waals surface area contributed by atoms with Gasteiger partial charge in [0.15, 0.2) is 5.65 Å². The van der Waals surface area contributed by atoms with Gasteiger partial charge in [0.2, 0.25) is 0 Å². The smallest absolute Gasteiger partial charge is 0.364 e. The van der Waals surface area contributed by atoms with Crippen molar-refractivity contribution < 1.29 is 0 Å². The lowest BCUT2D eigenvalue weighted by molar-refractivity contribution is 0.468. The number of H-pyrrole nitrogens is 1. The van der Waals surface area contributed by atoms with E-state index in [4.69, 9.17) is 11.6 Å². The Morgan fingerprint density at radius 1 is 1.39 bits per heavy atom. The Hall–Kier alpha value is -1.56. The Morgan fingerprint density at radius 2 is 2.22 bits per heavy atom. The van der Waals surface area contributed by atoms with E-state index in [1.54, 1.807) is 6.07 Å². The molecule has 0 saturated heterocycles. The van der Waals surface area contributed by atoms with Gasteiger partial charge in [-0.05, 0) is 25.0 Å². The summed E-state index contributed by atoms with van der Waals surface area (Å²) in [6, 6.07) is 3.78. The molecule has 2 N–H and O–H groups in total. The number of aromatic nitrogens is 4. The van der Waals surface area contributed by atoms with Crippen molar-refractivity contribution in [2.45, 2.75) is 37.1 Å². The number of hydrogen-bond donors (Lipinski definition) is 2. The number of aromatic amines is 1. The van der Waals surface area contributed by atoms with Gasteiger partial charge in [0.25, 0.3) is 0 Å². The highest BCUT2D eigenvalue weighted by Gasteiger charge is 2.23. The third-order valence-corrected chi connectivity index (χ3v) is 3.81. The summed E-state index contributed by atoms with van der Waals surface area (Å²) < 4.78 is 1.24. The number of nitrogens with one attached hydrogen (secondary N) is 2. The molecule has 0 radical (unpaired) electrons. The van der Waals surface area contributed by atoms with E-state index in [1.807, 2.05) is 6.07 Å². The minimum atomic E-state index is -0.334. The van der Waals surface area contributed by atoms with Crippen molar-refractivity contribution in [3.8, 4) is 0 Å². The van der Waals surface area contributed by atoms with Crippen molar-refractivity contribution in [1.82, 2.24) is 19.8 Å². The first-order valence-electron chi connectivity index (χ1n) is 6.09. The average Bonchev–Trinajstić information content (AvgIpc) is 2.74. The summed E-state index contributed by atoms with van der Waals surface area (Å²) in [7, 11) is 0. The van der Waals surface area contributed by atoms with Gasteiger partial charge in [-0.3, -0.25) is 0 Å². The van der Waals surface area contributed by atoms with E-state index in [0.29, 0.717) is 11.5 Å². The van der Waals surface area contributed by atoms with Crippen LogP contribution in [0.25, 0.3) is 5.65 Å². The van der Waals surface area contributed by atoms with Gasteiger partial charge < -0.3 is 5.32 Å². The van der Waals surface area contributed by atoms with Gasteiger partial charge in [-0.25, -0.2) is 9.89 Å². The van der Waals surface area contributed by atoms with Crippen LogP contribution >= 0.6 is 11.6 Å². The zero-order valence-corrected chi connectivity index (χ0v) is 10.5. The average molecular weight is 268 g/mol. The molecule has 96 valence electrons. The molecule has 0 amide bonds. The van der Waals surface area contributed by atoms with Crippen LogP contribution in [0.5, 0.6) is 0 Å². The molecule has 0 aromatic carbocycles. The molecule has 2 aromatic heterocycles. The Bertz CT molecular complexity index is 607. The minimum absolute atomic E-state index is 0.123. The van der Waals surface area contributed by atoms with E-state index in [1.165, 1.54) is 17.4 Å². The molecule has 0 aliphatic heterocycles. The molecule has 6 nitrogen and oxygen atoms in total. The lowest BCUT2D eigenvalue weighted by Crippen LogP contribution is -2.33. The maximum atomic E-state index is 11.4. The van der Waals surface area contributed by atoms with Gasteiger partial charge in [0, 0.05) is 6.04 Å². The van der Waals surface area contributed by atoms with E-state index >= 15 is 0 Å². The normalized spacial score (nSPS) is 24.3. The van der Waals surface area contributed by atoms with Crippen molar-refractivity contribution in [1.29, 1.82) is 0 Å². The van der Waals surface area contributed by atoms with E-state index in [9.17, 15) is 4.79 Å². The van der Waals surface area contributed by atoms with Crippen molar-refractivity contribution >= 4 is 23.1 Å². The summed E-state index contributed by atoms with van der Waals surface area (Å²) >= 11 is 6.28. The number of alkyl halides is 1. The van der Waals surface area contributed by atoms with Crippen LogP contribution in [-0.4, -0.2) is 31.2 Å². The Morgan fingerprint density at radius 3 is 3.06 bits per heavy atom. The first-order valence-corrected chi connectivity index (χ1v) is 6.53. The van der Waals surface area contributed by atoms with Gasteiger partial charge in [0.05, 0.1) is 5.38 Å². The maximum absolute atomic E-state index is 11.4. The minimum Gasteiger partial charge on any atom is -0.364 e. The quantitative estimate of drug-likeness (QED) is 0.806. The Kier molecular flexibility index (Phi) is 2.95. The maximum Gasteiger partial charge on any atom is 0.364 e. The highest BCUT2D eigenvalue weighted by Crippen LogP contribution is 2.25. The zero-order chi connectivity index (χ0) is 12.5. The molecule has 2 atom stereocenters. The fourth-order valence-corrected chi connectivity index (χ4v) is 2.66. The SMILES string of the molecule is O=c1[nH]nc2ccc(NC3CCCCC3Cl)nn12. The van der Waals surface area contributed by atoms with Crippen LogP contribution in [-0.2, 0) is 0 Å². The predicted molar refractivity (Wildman–Crippen MR) is 69.1 cm³/mol. The van der Waals surface area contributed by atoms with E-state index < -0.39 is 0 Å². The highest BCUT2D eigenvalue weighted by molar-refractivity contribution is 6.21. The third kappa shape index (κ3) is 2.08. The monoisotopic (exact) mass is 267 g/mol. The topological polar surface area (TPSA) is 75.1 Å². The molecular formula is C11H14ClN5O. The van der Waals surface area contributed by atoms with Crippen LogP contribution in [0.4, 0.5) is 5.82 Å². The summed E-state index contributed by atoms with van der Waals surface area (Å²) in [4.78, 5) is 11.4. The van der Waals surface area contributed by atoms with Crippen molar-refractivity contribution in [2.75, 3.05) is 5.32 Å². The van der Waals surface area contributed by atoms with E-state index in [-0.39, 0.29) is 17.1 Å². The second kappa shape index (κ2) is 4.61. The van der Waals surface area contributed by atoms with Crippen LogP contribution < -0.4 is 11.0 Å². The third-order valence-electron chi connectivity index (χ3n) is 3.29. The number of rotatable bonds is 2. The van der Waals surface area contributed by atoms with Gasteiger partial charge >= 0.3 is 5.69 Å². The molecule has 2 heterocycles. The summed E-state index contributed by atoms with van der Waals surface area (Å²) in [6.45, 7) is 0. The summed E-state index contributed by atoms with van der Waals surface area (Å²) in [5.74, 6) is 0.656. The number of halogens is 1. The molecule has 0 spiro atoms. The second-order valence-corrected chi connectivity index (χ2v) is 5.13. The fourth-order valence-electron chi connectivity index (χ4n) is 2.32. The highest BCUT2D eigenvalue weighted by atomic mass is 35.5. The van der Waals surface area contributed by atoms with Crippen LogP contribution in [0, 0.1) is 0 Å². The second-order valence-electron chi connectivity index (χ2n) is 4.57. The lowest BCUT2D eigenvalue weighted by Gasteiger charge is -2.28. The number of fused-ring (bicyclic) bond motifs is 1. The first kappa shape index (κ1) is 11.5. The van der Waals surface area contributed by atoms with Crippen molar-refractivity contribution in [3.05, 3.63) is 22.6 Å². The standard InChI is InChI=1S/C11H14ClN5O/c12-7-3-1-2-4-8(7)13-9-5-6-10-14-15-11(18)17(10)16-9/h5-8H,1-4H2,(H,13,16)(H,15,18).